The summed E-state index contributed by atoms with van der Waals surface area (Å²) in [4.78, 5) is 27.5. The summed E-state index contributed by atoms with van der Waals surface area (Å²) in [5, 5.41) is 6.29. The van der Waals surface area contributed by atoms with E-state index in [9.17, 15) is 9.59 Å². The van der Waals surface area contributed by atoms with Crippen molar-refractivity contribution in [1.82, 2.24) is 15.5 Å². The Labute approximate surface area is 191 Å². The van der Waals surface area contributed by atoms with E-state index in [4.69, 9.17) is 0 Å². The third-order valence-electron chi connectivity index (χ3n) is 7.19. The summed E-state index contributed by atoms with van der Waals surface area (Å²) in [7, 11) is 0. The van der Waals surface area contributed by atoms with Crippen molar-refractivity contribution in [3.05, 3.63) is 70.3 Å². The molecule has 1 fully saturated rings. The first kappa shape index (κ1) is 22.4. The van der Waals surface area contributed by atoms with E-state index >= 15 is 0 Å². The first-order chi connectivity index (χ1) is 15.3. The van der Waals surface area contributed by atoms with Crippen LogP contribution in [0, 0.1) is 18.8 Å². The average molecular weight is 434 g/mol. The first-order valence-corrected chi connectivity index (χ1v) is 11.8. The molecule has 32 heavy (non-hydrogen) atoms. The van der Waals surface area contributed by atoms with Crippen molar-refractivity contribution < 1.29 is 9.59 Å². The molecule has 0 radical (unpaired) electrons. The number of hydrogen-bond donors (Lipinski definition) is 2. The zero-order chi connectivity index (χ0) is 22.8. The van der Waals surface area contributed by atoms with E-state index in [0.29, 0.717) is 24.9 Å². The lowest BCUT2D eigenvalue weighted by atomic mass is 9.91. The van der Waals surface area contributed by atoms with E-state index in [-0.39, 0.29) is 23.9 Å². The summed E-state index contributed by atoms with van der Waals surface area (Å²) in [6.07, 6.45) is 1.77. The Bertz CT molecular complexity index is 986. The lowest BCUT2D eigenvalue weighted by molar-refractivity contribution is -0.122. The second-order valence-electron chi connectivity index (χ2n) is 9.73. The van der Waals surface area contributed by atoms with Gasteiger partial charge in [0.1, 0.15) is 0 Å². The van der Waals surface area contributed by atoms with Crippen molar-refractivity contribution >= 4 is 11.9 Å². The minimum absolute atomic E-state index is 0.00275. The Hall–Kier alpha value is -2.82. The smallest absolute Gasteiger partial charge is 0.317 e. The molecule has 0 saturated heterocycles. The molecule has 4 rings (SSSR count). The van der Waals surface area contributed by atoms with E-state index in [0.717, 1.165) is 24.9 Å². The van der Waals surface area contributed by atoms with Crippen LogP contribution in [0.15, 0.2) is 42.5 Å². The summed E-state index contributed by atoms with van der Waals surface area (Å²) in [6, 6.07) is 14.7. The van der Waals surface area contributed by atoms with E-state index in [1.165, 1.54) is 22.3 Å². The van der Waals surface area contributed by atoms with Crippen molar-refractivity contribution in [2.45, 2.75) is 65.6 Å². The fraction of sp³-hybridized carbons (Fsp3) is 0.481. The number of carbonyl (C=O) groups excluding carboxylic acids is 2. The van der Waals surface area contributed by atoms with Crippen LogP contribution in [-0.4, -0.2) is 29.4 Å². The number of rotatable bonds is 6. The third kappa shape index (κ3) is 4.82. The van der Waals surface area contributed by atoms with Gasteiger partial charge in [-0.05, 0) is 66.3 Å². The maximum atomic E-state index is 12.8. The van der Waals surface area contributed by atoms with Crippen molar-refractivity contribution in [1.29, 1.82) is 0 Å². The van der Waals surface area contributed by atoms with Crippen LogP contribution < -0.4 is 10.6 Å². The fourth-order valence-corrected chi connectivity index (χ4v) is 4.58. The normalized spacial score (nSPS) is 20.5. The number of benzene rings is 2. The molecule has 2 aliphatic rings. The molecule has 170 valence electrons. The lowest BCUT2D eigenvalue weighted by Gasteiger charge is -2.33. The number of amides is 3. The largest absolute Gasteiger partial charge is 0.352 e. The number of nitrogens with zero attached hydrogens (tertiary/aromatic N) is 1. The SMILES string of the molecule is Cc1ccc(CNC(=O)[C@@H]2C[C@H]2c2ccccc2)c2c1CCN(C(=O)NC(C)C(C)C)C2. The van der Waals surface area contributed by atoms with Gasteiger partial charge in [-0.25, -0.2) is 4.79 Å². The molecule has 0 spiro atoms. The van der Waals surface area contributed by atoms with Gasteiger partial charge in [0.05, 0.1) is 0 Å². The molecule has 0 aromatic heterocycles. The number of urea groups is 1. The molecule has 1 saturated carbocycles. The molecule has 0 bridgehead atoms. The number of fused-ring (bicyclic) bond motifs is 1. The van der Waals surface area contributed by atoms with Gasteiger partial charge in [0, 0.05) is 31.6 Å². The monoisotopic (exact) mass is 433 g/mol. The second-order valence-corrected chi connectivity index (χ2v) is 9.73. The molecule has 1 heterocycles. The Morgan fingerprint density at radius 1 is 1.06 bits per heavy atom. The molecule has 5 heteroatoms. The van der Waals surface area contributed by atoms with Gasteiger partial charge in [-0.3, -0.25) is 4.79 Å². The van der Waals surface area contributed by atoms with Gasteiger partial charge in [-0.15, -0.1) is 0 Å². The Kier molecular flexibility index (Phi) is 6.54. The molecule has 2 N–H and O–H groups in total. The van der Waals surface area contributed by atoms with Crippen molar-refractivity contribution in [2.75, 3.05) is 6.54 Å². The van der Waals surface area contributed by atoms with Gasteiger partial charge in [0.25, 0.3) is 0 Å². The van der Waals surface area contributed by atoms with Gasteiger partial charge < -0.3 is 15.5 Å². The fourth-order valence-electron chi connectivity index (χ4n) is 4.58. The number of hydrogen-bond acceptors (Lipinski definition) is 2. The zero-order valence-electron chi connectivity index (χ0n) is 19.7. The minimum Gasteiger partial charge on any atom is -0.352 e. The maximum absolute atomic E-state index is 12.8. The molecule has 3 amide bonds. The van der Waals surface area contributed by atoms with Crippen LogP contribution in [0.4, 0.5) is 4.79 Å². The summed E-state index contributed by atoms with van der Waals surface area (Å²) in [5.74, 6) is 0.930. The van der Waals surface area contributed by atoms with E-state index in [1.807, 2.05) is 30.0 Å². The summed E-state index contributed by atoms with van der Waals surface area (Å²) in [5.41, 5.74) is 6.14. The molecule has 5 nitrogen and oxygen atoms in total. The van der Waals surface area contributed by atoms with Crippen LogP contribution in [0.3, 0.4) is 0 Å². The summed E-state index contributed by atoms with van der Waals surface area (Å²) >= 11 is 0. The standard InChI is InChI=1S/C27H35N3O2/c1-17(2)19(4)29-27(32)30-13-12-22-18(3)10-11-21(25(22)16-30)15-28-26(31)24-14-23(24)20-8-6-5-7-9-20/h5-11,17,19,23-24H,12-16H2,1-4H3,(H,28,31)(H,29,32)/t19?,23-,24+/m0/s1. The van der Waals surface area contributed by atoms with Crippen molar-refractivity contribution in [2.24, 2.45) is 11.8 Å². The molecular weight excluding hydrogens is 398 g/mol. The van der Waals surface area contributed by atoms with Crippen molar-refractivity contribution in [3.8, 4) is 0 Å². The van der Waals surface area contributed by atoms with Gasteiger partial charge in [-0.2, -0.15) is 0 Å². The first-order valence-electron chi connectivity index (χ1n) is 11.8. The van der Waals surface area contributed by atoms with Gasteiger partial charge in [-0.1, -0.05) is 56.3 Å². The summed E-state index contributed by atoms with van der Waals surface area (Å²) in [6.45, 7) is 10.2. The minimum atomic E-state index is -0.00275. The highest BCUT2D eigenvalue weighted by molar-refractivity contribution is 5.83. The average Bonchev–Trinajstić information content (AvgIpc) is 3.60. The van der Waals surface area contributed by atoms with Gasteiger partial charge in [0.15, 0.2) is 0 Å². The van der Waals surface area contributed by atoms with E-state index < -0.39 is 0 Å². The van der Waals surface area contributed by atoms with Crippen LogP contribution >= 0.6 is 0 Å². The van der Waals surface area contributed by atoms with Crippen LogP contribution in [0.2, 0.25) is 0 Å². The summed E-state index contributed by atoms with van der Waals surface area (Å²) < 4.78 is 0. The highest BCUT2D eigenvalue weighted by Gasteiger charge is 2.43. The third-order valence-corrected chi connectivity index (χ3v) is 7.19. The Morgan fingerprint density at radius 3 is 2.53 bits per heavy atom. The van der Waals surface area contributed by atoms with Crippen LogP contribution in [-0.2, 0) is 24.3 Å². The topological polar surface area (TPSA) is 61.4 Å². The van der Waals surface area contributed by atoms with Gasteiger partial charge in [0.2, 0.25) is 5.91 Å². The van der Waals surface area contributed by atoms with E-state index in [1.54, 1.807) is 0 Å². The molecular formula is C27H35N3O2. The van der Waals surface area contributed by atoms with E-state index in [2.05, 4.69) is 55.7 Å². The molecule has 2 aromatic rings. The van der Waals surface area contributed by atoms with Crippen molar-refractivity contribution in [3.63, 3.8) is 0 Å². The molecule has 1 unspecified atom stereocenters. The number of aryl methyl sites for hydroxylation is 1. The Balaban J connectivity index is 1.41. The van der Waals surface area contributed by atoms with Crippen LogP contribution in [0.1, 0.15) is 60.9 Å². The molecule has 2 aromatic carbocycles. The predicted molar refractivity (Wildman–Crippen MR) is 127 cm³/mol. The lowest BCUT2D eigenvalue weighted by Crippen LogP contribution is -2.47. The van der Waals surface area contributed by atoms with Crippen LogP contribution in [0.25, 0.3) is 0 Å². The zero-order valence-corrected chi connectivity index (χ0v) is 19.7. The Morgan fingerprint density at radius 2 is 1.81 bits per heavy atom. The maximum Gasteiger partial charge on any atom is 0.317 e. The van der Waals surface area contributed by atoms with Crippen LogP contribution in [0.5, 0.6) is 0 Å². The predicted octanol–water partition coefficient (Wildman–Crippen LogP) is 4.53. The number of carbonyl (C=O) groups is 2. The highest BCUT2D eigenvalue weighted by Crippen LogP contribution is 2.47. The second kappa shape index (κ2) is 9.35. The quantitative estimate of drug-likeness (QED) is 0.703. The highest BCUT2D eigenvalue weighted by atomic mass is 16.2. The van der Waals surface area contributed by atoms with Gasteiger partial charge >= 0.3 is 6.03 Å². The number of nitrogens with one attached hydrogen (secondary N) is 2. The molecule has 1 aliphatic carbocycles. The molecule has 1 aliphatic heterocycles. The molecule has 3 atom stereocenters.